The molecule has 2 fully saturated rings. The number of Topliss-reactive ketones (excluding diaryl/α,β-unsaturated/α-hetero) is 1. The lowest BCUT2D eigenvalue weighted by molar-refractivity contribution is -0.129. The molecule has 2 saturated carbocycles. The molecule has 0 aliphatic heterocycles. The third-order valence-corrected chi connectivity index (χ3v) is 8.35. The SMILES string of the molecule is CN(C)S(=O)(=O)Oc1ccc2c(c1)CC[C@@H]1[C@@H]2CC[C@]2(C)C(=O)CC[C@@H]12. The molecular weight excluding hydrogens is 350 g/mol. The van der Waals surface area contributed by atoms with Crippen LogP contribution in [0.3, 0.4) is 0 Å². The van der Waals surface area contributed by atoms with Crippen LogP contribution in [0.4, 0.5) is 0 Å². The molecule has 5 nitrogen and oxygen atoms in total. The second-order valence-electron chi connectivity index (χ2n) is 8.52. The molecule has 142 valence electrons. The van der Waals surface area contributed by atoms with Gasteiger partial charge in [-0.2, -0.15) is 12.7 Å². The van der Waals surface area contributed by atoms with E-state index < -0.39 is 10.3 Å². The number of ketones is 1. The largest absolute Gasteiger partial charge is 0.384 e. The van der Waals surface area contributed by atoms with Gasteiger partial charge in [-0.3, -0.25) is 4.79 Å². The van der Waals surface area contributed by atoms with Gasteiger partial charge in [-0.1, -0.05) is 13.0 Å². The number of hydrogen-bond donors (Lipinski definition) is 0. The third kappa shape index (κ3) is 2.69. The molecule has 0 aromatic heterocycles. The summed E-state index contributed by atoms with van der Waals surface area (Å²) in [5.74, 6) is 2.41. The topological polar surface area (TPSA) is 63.7 Å². The van der Waals surface area contributed by atoms with E-state index in [9.17, 15) is 13.2 Å². The summed E-state index contributed by atoms with van der Waals surface area (Å²) in [4.78, 5) is 12.4. The second kappa shape index (κ2) is 6.06. The van der Waals surface area contributed by atoms with Crippen molar-refractivity contribution in [1.29, 1.82) is 0 Å². The number of fused-ring (bicyclic) bond motifs is 5. The standard InChI is InChI=1S/C20H27NO4S/c1-20-11-10-16-15-7-5-14(25-26(23,24)21(2)3)12-13(15)4-6-17(16)18(20)8-9-19(20)22/h5,7,12,16-18H,4,6,8-11H2,1-3H3/t16-,17-,18+,20+/m1/s1. The van der Waals surface area contributed by atoms with Gasteiger partial charge in [0.05, 0.1) is 0 Å². The van der Waals surface area contributed by atoms with Crippen molar-refractivity contribution in [2.24, 2.45) is 17.3 Å². The van der Waals surface area contributed by atoms with Crippen LogP contribution < -0.4 is 4.18 Å². The zero-order valence-corrected chi connectivity index (χ0v) is 16.5. The first-order chi connectivity index (χ1) is 12.2. The van der Waals surface area contributed by atoms with Gasteiger partial charge in [0.1, 0.15) is 11.5 Å². The van der Waals surface area contributed by atoms with E-state index >= 15 is 0 Å². The van der Waals surface area contributed by atoms with Gasteiger partial charge in [0, 0.05) is 25.9 Å². The Morgan fingerprint density at radius 1 is 1.15 bits per heavy atom. The first kappa shape index (κ1) is 18.0. The summed E-state index contributed by atoms with van der Waals surface area (Å²) in [6.45, 7) is 2.18. The van der Waals surface area contributed by atoms with Crippen LogP contribution in [-0.4, -0.2) is 32.6 Å². The molecule has 0 radical (unpaired) electrons. The van der Waals surface area contributed by atoms with E-state index in [1.807, 2.05) is 12.1 Å². The van der Waals surface area contributed by atoms with Gasteiger partial charge in [-0.15, -0.1) is 0 Å². The van der Waals surface area contributed by atoms with Crippen molar-refractivity contribution in [3.63, 3.8) is 0 Å². The molecule has 1 aromatic rings. The second-order valence-corrected chi connectivity index (χ2v) is 10.3. The Bertz CT molecular complexity index is 847. The highest BCUT2D eigenvalue weighted by atomic mass is 32.2. The van der Waals surface area contributed by atoms with Crippen LogP contribution in [0.2, 0.25) is 0 Å². The molecule has 1 aromatic carbocycles. The maximum absolute atomic E-state index is 12.4. The smallest absolute Gasteiger partial charge is 0.371 e. The minimum absolute atomic E-state index is 0.110. The maximum Gasteiger partial charge on any atom is 0.384 e. The summed E-state index contributed by atoms with van der Waals surface area (Å²) in [6, 6.07) is 5.71. The fraction of sp³-hybridized carbons (Fsp3) is 0.650. The number of carbonyl (C=O) groups is 1. The highest BCUT2D eigenvalue weighted by Gasteiger charge is 2.54. The van der Waals surface area contributed by atoms with E-state index in [0.29, 0.717) is 29.3 Å². The van der Waals surface area contributed by atoms with Crippen molar-refractivity contribution in [1.82, 2.24) is 4.31 Å². The Morgan fingerprint density at radius 2 is 1.92 bits per heavy atom. The first-order valence-electron chi connectivity index (χ1n) is 9.50. The number of benzene rings is 1. The van der Waals surface area contributed by atoms with E-state index in [1.165, 1.54) is 25.2 Å². The van der Waals surface area contributed by atoms with E-state index in [2.05, 4.69) is 6.92 Å². The van der Waals surface area contributed by atoms with E-state index in [0.717, 1.165) is 42.8 Å². The first-order valence-corrected chi connectivity index (χ1v) is 10.9. The van der Waals surface area contributed by atoms with Crippen LogP contribution >= 0.6 is 0 Å². The van der Waals surface area contributed by atoms with Crippen LogP contribution in [0.15, 0.2) is 18.2 Å². The Labute approximate surface area is 156 Å². The predicted octanol–water partition coefficient (Wildman–Crippen LogP) is 3.30. The monoisotopic (exact) mass is 377 g/mol. The van der Waals surface area contributed by atoms with Gasteiger partial charge in [0.25, 0.3) is 0 Å². The van der Waals surface area contributed by atoms with Crippen LogP contribution in [0.5, 0.6) is 5.75 Å². The molecule has 26 heavy (non-hydrogen) atoms. The quantitative estimate of drug-likeness (QED) is 0.811. The van der Waals surface area contributed by atoms with E-state index in [1.54, 1.807) is 6.07 Å². The molecule has 4 rings (SSSR count). The number of hydrogen-bond acceptors (Lipinski definition) is 4. The van der Waals surface area contributed by atoms with Gasteiger partial charge < -0.3 is 4.18 Å². The average molecular weight is 378 g/mol. The normalized spacial score (nSPS) is 33.5. The van der Waals surface area contributed by atoms with Gasteiger partial charge in [0.15, 0.2) is 0 Å². The number of rotatable bonds is 3. The molecule has 3 aliphatic carbocycles. The summed E-state index contributed by atoms with van der Waals surface area (Å²) in [5, 5.41) is 0. The van der Waals surface area contributed by atoms with Crippen molar-refractivity contribution >= 4 is 16.1 Å². The summed E-state index contributed by atoms with van der Waals surface area (Å²) >= 11 is 0. The molecule has 0 amide bonds. The summed E-state index contributed by atoms with van der Waals surface area (Å²) in [5.41, 5.74) is 2.42. The predicted molar refractivity (Wildman–Crippen MR) is 99.3 cm³/mol. The summed E-state index contributed by atoms with van der Waals surface area (Å²) in [7, 11) is -0.814. The van der Waals surface area contributed by atoms with Crippen LogP contribution in [0, 0.1) is 17.3 Å². The highest BCUT2D eigenvalue weighted by Crippen LogP contribution is 2.59. The molecule has 6 heteroatoms. The molecule has 0 unspecified atom stereocenters. The maximum atomic E-state index is 12.4. The van der Waals surface area contributed by atoms with Gasteiger partial charge in [0.2, 0.25) is 0 Å². The van der Waals surface area contributed by atoms with Gasteiger partial charge in [-0.25, -0.2) is 0 Å². The number of nitrogens with zero attached hydrogens (tertiary/aromatic N) is 1. The minimum atomic E-state index is -3.73. The molecule has 0 N–H and O–H groups in total. The lowest BCUT2D eigenvalue weighted by atomic mass is 9.55. The third-order valence-electron chi connectivity index (χ3n) is 7.06. The Kier molecular flexibility index (Phi) is 4.19. The zero-order chi connectivity index (χ0) is 18.7. The van der Waals surface area contributed by atoms with Crippen LogP contribution in [0.1, 0.15) is 56.1 Å². The fourth-order valence-electron chi connectivity index (χ4n) is 5.58. The van der Waals surface area contributed by atoms with Gasteiger partial charge >= 0.3 is 10.3 Å². The Balaban J connectivity index is 1.61. The minimum Gasteiger partial charge on any atom is -0.371 e. The van der Waals surface area contributed by atoms with Crippen molar-refractivity contribution in [3.8, 4) is 5.75 Å². The lowest BCUT2D eigenvalue weighted by Crippen LogP contribution is -2.42. The molecule has 0 heterocycles. The zero-order valence-electron chi connectivity index (χ0n) is 15.7. The van der Waals surface area contributed by atoms with Crippen LogP contribution in [-0.2, 0) is 21.5 Å². The average Bonchev–Trinajstić information content (AvgIpc) is 2.89. The van der Waals surface area contributed by atoms with E-state index in [-0.39, 0.29) is 5.41 Å². The van der Waals surface area contributed by atoms with Crippen molar-refractivity contribution in [2.75, 3.05) is 14.1 Å². The molecule has 0 saturated heterocycles. The van der Waals surface area contributed by atoms with Crippen molar-refractivity contribution < 1.29 is 17.4 Å². The summed E-state index contributed by atoms with van der Waals surface area (Å²) < 4.78 is 30.2. The molecule has 0 bridgehead atoms. The Hall–Kier alpha value is -1.40. The van der Waals surface area contributed by atoms with Crippen molar-refractivity contribution in [2.45, 2.75) is 51.4 Å². The lowest BCUT2D eigenvalue weighted by Gasteiger charge is -2.48. The van der Waals surface area contributed by atoms with Crippen LogP contribution in [0.25, 0.3) is 0 Å². The molecule has 4 atom stereocenters. The Morgan fingerprint density at radius 3 is 2.65 bits per heavy atom. The number of aryl methyl sites for hydroxylation is 1. The molecule has 0 spiro atoms. The van der Waals surface area contributed by atoms with Gasteiger partial charge in [-0.05, 0) is 73.1 Å². The number of carbonyl (C=O) groups excluding carboxylic acids is 1. The molecular formula is C20H27NO4S. The van der Waals surface area contributed by atoms with E-state index in [4.69, 9.17) is 4.18 Å². The molecule has 3 aliphatic rings. The van der Waals surface area contributed by atoms with Crippen molar-refractivity contribution in [3.05, 3.63) is 29.3 Å². The fourth-order valence-corrected chi connectivity index (χ4v) is 6.07. The highest BCUT2D eigenvalue weighted by molar-refractivity contribution is 7.84. The summed E-state index contributed by atoms with van der Waals surface area (Å²) in [6.07, 6.45) is 5.81.